The van der Waals surface area contributed by atoms with Crippen molar-refractivity contribution in [3.63, 3.8) is 0 Å². The van der Waals surface area contributed by atoms with Crippen molar-refractivity contribution in [2.45, 2.75) is 38.9 Å². The number of halogens is 4. The normalized spacial score (nSPS) is 12.3. The molecule has 0 atom stereocenters. The predicted molar refractivity (Wildman–Crippen MR) is 58.5 cm³/mol. The van der Waals surface area contributed by atoms with Crippen LogP contribution in [0.4, 0.5) is 17.6 Å². The van der Waals surface area contributed by atoms with E-state index in [0.29, 0.717) is 0 Å². The molecular weight excluding hydrogens is 275 g/mol. The van der Waals surface area contributed by atoms with Crippen LogP contribution < -0.4 is 0 Å². The van der Waals surface area contributed by atoms with Gasteiger partial charge in [-0.1, -0.05) is 24.3 Å². The molecule has 8 heteroatoms. The Kier molecular flexibility index (Phi) is 6.13. The van der Waals surface area contributed by atoms with Crippen LogP contribution >= 0.6 is 8.25 Å². The van der Waals surface area contributed by atoms with Gasteiger partial charge in [-0.05, 0) is 22.9 Å². The molecule has 0 aliphatic carbocycles. The maximum absolute atomic E-state index is 13.0. The van der Waals surface area contributed by atoms with Gasteiger partial charge in [0.05, 0.1) is 12.8 Å². The van der Waals surface area contributed by atoms with E-state index in [-0.39, 0.29) is 11.1 Å². The van der Waals surface area contributed by atoms with Crippen molar-refractivity contribution in [2.24, 2.45) is 0 Å². The summed E-state index contributed by atoms with van der Waals surface area (Å²) in [5.41, 5.74) is 0.106. The molecular formula is C10H14F4O3P+. The van der Waals surface area contributed by atoms with Crippen molar-refractivity contribution in [1.82, 2.24) is 0 Å². The van der Waals surface area contributed by atoms with Gasteiger partial charge < -0.3 is 0 Å². The number of hydrogen-bond acceptors (Lipinski definition) is 3. The summed E-state index contributed by atoms with van der Waals surface area (Å²) in [5, 5.41) is 0. The van der Waals surface area contributed by atoms with Gasteiger partial charge in [0, 0.05) is 4.57 Å². The van der Waals surface area contributed by atoms with Crippen LogP contribution in [0.15, 0.2) is 24.3 Å². The molecule has 0 aromatic rings. The second-order valence-corrected chi connectivity index (χ2v) is 4.76. The van der Waals surface area contributed by atoms with Gasteiger partial charge in [0.15, 0.2) is 0 Å². The lowest BCUT2D eigenvalue weighted by atomic mass is 10.2. The van der Waals surface area contributed by atoms with E-state index in [1.54, 1.807) is 0 Å². The highest BCUT2D eigenvalue weighted by atomic mass is 31.1. The molecule has 0 aliphatic rings. The Labute approximate surface area is 103 Å². The predicted octanol–water partition coefficient (Wildman–Crippen LogP) is 4.80. The zero-order chi connectivity index (χ0) is 14.6. The van der Waals surface area contributed by atoms with E-state index >= 15 is 0 Å². The molecule has 0 aromatic carbocycles. The minimum absolute atomic E-state index is 0.0529. The highest BCUT2D eigenvalue weighted by molar-refractivity contribution is 7.33. The summed E-state index contributed by atoms with van der Waals surface area (Å²) in [6.07, 6.45) is -9.58. The van der Waals surface area contributed by atoms with Crippen LogP contribution in [0.2, 0.25) is 0 Å². The Hall–Kier alpha value is -0.780. The first-order chi connectivity index (χ1) is 7.93. The first-order valence-electron chi connectivity index (χ1n) is 4.83. The molecule has 0 unspecified atom stereocenters. The molecule has 104 valence electrons. The van der Waals surface area contributed by atoms with Gasteiger partial charge in [0.25, 0.3) is 0 Å². The molecule has 0 rings (SSSR count). The van der Waals surface area contributed by atoms with Gasteiger partial charge in [-0.2, -0.15) is 17.6 Å². The first kappa shape index (κ1) is 17.2. The lowest BCUT2D eigenvalue weighted by Crippen LogP contribution is -2.21. The lowest BCUT2D eigenvalue weighted by Gasteiger charge is -2.11. The van der Waals surface area contributed by atoms with Gasteiger partial charge in [-0.15, -0.1) is 0 Å². The number of hydrogen-bond donors (Lipinski definition) is 0. The summed E-state index contributed by atoms with van der Waals surface area (Å²) in [4.78, 5) is 0. The second-order valence-electron chi connectivity index (χ2n) is 3.95. The molecule has 0 N–H and O–H groups in total. The van der Waals surface area contributed by atoms with E-state index < -0.39 is 33.3 Å². The molecule has 0 fully saturated rings. The maximum Gasteiger partial charge on any atom is 0.710 e. The molecule has 0 saturated carbocycles. The third-order valence-corrected chi connectivity index (χ3v) is 2.26. The van der Waals surface area contributed by atoms with E-state index in [1.165, 1.54) is 13.8 Å². The van der Waals surface area contributed by atoms with E-state index in [9.17, 15) is 22.1 Å². The third kappa shape index (κ3) is 8.33. The quantitative estimate of drug-likeness (QED) is 0.366. The van der Waals surface area contributed by atoms with Crippen LogP contribution in [-0.2, 0) is 13.6 Å². The van der Waals surface area contributed by atoms with E-state index in [0.717, 1.165) is 0 Å². The Morgan fingerprint density at radius 2 is 1.28 bits per heavy atom. The van der Waals surface area contributed by atoms with E-state index in [2.05, 4.69) is 22.2 Å². The Bertz CT molecular complexity index is 323. The largest absolute Gasteiger partial charge is 0.710 e. The van der Waals surface area contributed by atoms with Crippen molar-refractivity contribution in [1.29, 1.82) is 0 Å². The minimum Gasteiger partial charge on any atom is -0.171 e. The Balaban J connectivity index is 4.42. The smallest absolute Gasteiger partial charge is 0.171 e. The monoisotopic (exact) mass is 289 g/mol. The second kappa shape index (κ2) is 6.41. The number of alkyl halides is 4. The van der Waals surface area contributed by atoms with Gasteiger partial charge in [0.2, 0.25) is 0 Å². The first-order valence-corrected chi connectivity index (χ1v) is 5.93. The summed E-state index contributed by atoms with van der Waals surface area (Å²) in [6, 6.07) is 0. The highest BCUT2D eigenvalue weighted by Gasteiger charge is 2.49. The van der Waals surface area contributed by atoms with Crippen LogP contribution in [0.25, 0.3) is 0 Å². The fourth-order valence-electron chi connectivity index (χ4n) is 1.00. The lowest BCUT2D eigenvalue weighted by molar-refractivity contribution is -0.208. The van der Waals surface area contributed by atoms with Crippen molar-refractivity contribution in [3.8, 4) is 0 Å². The summed E-state index contributed by atoms with van der Waals surface area (Å²) in [6.45, 7) is 9.00. The molecule has 0 aliphatic heterocycles. The van der Waals surface area contributed by atoms with Crippen LogP contribution in [-0.4, -0.2) is 12.2 Å². The van der Waals surface area contributed by atoms with Crippen LogP contribution in [0.3, 0.4) is 0 Å². The standard InChI is InChI=1S/C10H14F4O3P/c1-7(2)5-9(11,12)16-18(15)17-10(13,14)6-8(3)4/h1,3,5-6H2,2,4H3/q+1. The van der Waals surface area contributed by atoms with Gasteiger partial charge in [-0.25, -0.2) is 0 Å². The van der Waals surface area contributed by atoms with Crippen molar-refractivity contribution in [2.75, 3.05) is 0 Å². The van der Waals surface area contributed by atoms with E-state index in [1.807, 2.05) is 0 Å². The average molecular weight is 289 g/mol. The van der Waals surface area contributed by atoms with Crippen LogP contribution in [0.1, 0.15) is 26.7 Å². The molecule has 0 aromatic heterocycles. The van der Waals surface area contributed by atoms with Gasteiger partial charge in [0.1, 0.15) is 0 Å². The summed E-state index contributed by atoms with van der Waals surface area (Å²) >= 11 is 0. The maximum atomic E-state index is 13.0. The topological polar surface area (TPSA) is 35.5 Å². The summed E-state index contributed by atoms with van der Waals surface area (Å²) < 4.78 is 70.0. The zero-order valence-electron chi connectivity index (χ0n) is 10.0. The van der Waals surface area contributed by atoms with Crippen LogP contribution in [0.5, 0.6) is 0 Å². The van der Waals surface area contributed by atoms with Crippen LogP contribution in [0, 0.1) is 0 Å². The Morgan fingerprint density at radius 1 is 1.00 bits per heavy atom. The summed E-state index contributed by atoms with van der Waals surface area (Å²) in [5.74, 6) is 0. The van der Waals surface area contributed by atoms with Gasteiger partial charge in [-0.3, -0.25) is 0 Å². The average Bonchev–Trinajstić information content (AvgIpc) is 1.92. The molecule has 3 nitrogen and oxygen atoms in total. The highest BCUT2D eigenvalue weighted by Crippen LogP contribution is 2.42. The molecule has 0 amide bonds. The fraction of sp³-hybridized carbons (Fsp3) is 0.600. The Morgan fingerprint density at radius 3 is 1.50 bits per heavy atom. The molecule has 0 spiro atoms. The molecule has 0 radical (unpaired) electrons. The van der Waals surface area contributed by atoms with Crippen molar-refractivity contribution in [3.05, 3.63) is 24.3 Å². The van der Waals surface area contributed by atoms with Crippen molar-refractivity contribution < 1.29 is 31.2 Å². The van der Waals surface area contributed by atoms with E-state index in [4.69, 9.17) is 0 Å². The minimum atomic E-state index is -3.86. The zero-order valence-corrected chi connectivity index (χ0v) is 10.9. The SMILES string of the molecule is C=C(C)CC(F)(F)O[P+](=O)OC(F)(F)CC(=C)C. The molecule has 0 saturated heterocycles. The number of rotatable bonds is 8. The van der Waals surface area contributed by atoms with Gasteiger partial charge >= 0.3 is 20.5 Å². The fourth-order valence-corrected chi connectivity index (χ4v) is 1.61. The molecule has 0 bridgehead atoms. The third-order valence-electron chi connectivity index (χ3n) is 1.43. The summed E-state index contributed by atoms with van der Waals surface area (Å²) in [7, 11) is -3.65. The molecule has 18 heavy (non-hydrogen) atoms. The molecule has 0 heterocycles. The van der Waals surface area contributed by atoms with Crippen molar-refractivity contribution >= 4 is 8.25 Å².